The molecule has 1 aromatic heterocycles. The summed E-state index contributed by atoms with van der Waals surface area (Å²) in [5, 5.41) is 13.5. The van der Waals surface area contributed by atoms with Gasteiger partial charge in [0.05, 0.1) is 7.11 Å². The van der Waals surface area contributed by atoms with E-state index in [0.29, 0.717) is 11.5 Å². The summed E-state index contributed by atoms with van der Waals surface area (Å²) in [5.74, 6) is 3.58. The van der Waals surface area contributed by atoms with Crippen LogP contribution in [0.2, 0.25) is 0 Å². The highest BCUT2D eigenvalue weighted by molar-refractivity contribution is 5.98. The highest BCUT2D eigenvalue weighted by atomic mass is 16.6. The summed E-state index contributed by atoms with van der Waals surface area (Å²) in [6.07, 6.45) is 6.76. The first kappa shape index (κ1) is 15.8. The number of aromatic nitrogens is 2. The molecule has 0 atom stereocenters. The van der Waals surface area contributed by atoms with Crippen LogP contribution in [0.3, 0.4) is 0 Å². The van der Waals surface area contributed by atoms with Crippen LogP contribution in [0.25, 0.3) is 0 Å². The van der Waals surface area contributed by atoms with Crippen molar-refractivity contribution in [2.24, 2.45) is 10.8 Å². The van der Waals surface area contributed by atoms with E-state index in [9.17, 15) is 0 Å². The van der Waals surface area contributed by atoms with Crippen LogP contribution in [0, 0.1) is 12.3 Å². The number of methoxy groups -OCH3 is 1. The average molecular weight is 315 g/mol. The van der Waals surface area contributed by atoms with E-state index in [-0.39, 0.29) is 24.0 Å². The van der Waals surface area contributed by atoms with Crippen molar-refractivity contribution in [1.82, 2.24) is 10.3 Å². The zero-order valence-electron chi connectivity index (χ0n) is 12.3. The largest absolute Gasteiger partial charge is 0.493 e. The van der Waals surface area contributed by atoms with Crippen molar-refractivity contribution in [3.63, 3.8) is 0 Å². The normalized spacial score (nSPS) is 11.4. The van der Waals surface area contributed by atoms with E-state index in [0.717, 1.165) is 5.56 Å². The number of nitrogen functional groups attached to an aromatic ring is 1. The molecule has 0 saturated carbocycles. The molecule has 23 heavy (non-hydrogen) atoms. The fourth-order valence-corrected chi connectivity index (χ4v) is 1.62. The standard InChI is InChI=1S/C14H14N6O3/c1-3-6-22-10-5-4-9(7-11(10)21-2)8-17-18-13(15)12-14(16)20-23-19-12/h1,4-5,7-8H,6H2,2H3,(H2,15,18)(H2,16,20)/p+1/b17-8+. The van der Waals surface area contributed by atoms with Gasteiger partial charge in [0.15, 0.2) is 23.0 Å². The minimum absolute atomic E-state index is 0.0425. The molecule has 1 heterocycles. The smallest absolute Gasteiger partial charge is 0.224 e. The number of rotatable bonds is 6. The van der Waals surface area contributed by atoms with Gasteiger partial charge in [0.25, 0.3) is 0 Å². The number of nitrogens with two attached hydrogens (primary N) is 2. The lowest BCUT2D eigenvalue weighted by molar-refractivity contribution is -0.456. The highest BCUT2D eigenvalue weighted by Crippen LogP contribution is 2.27. The number of nitrogens with zero attached hydrogens (tertiary/aromatic N) is 3. The topological polar surface area (TPSA) is 136 Å². The molecule has 2 rings (SSSR count). The Morgan fingerprint density at radius 3 is 2.96 bits per heavy atom. The number of ether oxygens (including phenoxy) is 2. The Labute approximate surface area is 131 Å². The Bertz CT molecular complexity index is 775. The summed E-state index contributed by atoms with van der Waals surface area (Å²) >= 11 is 0. The number of hydrogen-bond donors (Lipinski definition) is 3. The van der Waals surface area contributed by atoms with E-state index >= 15 is 0 Å². The minimum atomic E-state index is 0.0425. The van der Waals surface area contributed by atoms with E-state index in [4.69, 9.17) is 27.4 Å². The van der Waals surface area contributed by atoms with Gasteiger partial charge in [-0.15, -0.1) is 11.5 Å². The number of nitrogens with one attached hydrogen (secondary N) is 1. The maximum absolute atomic E-state index is 5.70. The number of hydrazone groups is 1. The Balaban J connectivity index is 2.14. The fraction of sp³-hybridized carbons (Fsp3) is 0.143. The summed E-state index contributed by atoms with van der Waals surface area (Å²) in [6.45, 7) is 0.158. The van der Waals surface area contributed by atoms with Crippen LogP contribution in [-0.4, -0.2) is 36.1 Å². The Kier molecular flexibility index (Phi) is 5.14. The first-order valence-electron chi connectivity index (χ1n) is 6.40. The summed E-state index contributed by atoms with van der Waals surface area (Å²) in [6, 6.07) is 5.27. The van der Waals surface area contributed by atoms with Crippen molar-refractivity contribution in [2.45, 2.75) is 0 Å². The van der Waals surface area contributed by atoms with E-state index in [2.05, 4.69) is 31.1 Å². The second kappa shape index (κ2) is 7.46. The van der Waals surface area contributed by atoms with E-state index in [1.54, 1.807) is 24.4 Å². The molecule has 9 nitrogen and oxygen atoms in total. The molecule has 0 aliphatic heterocycles. The SMILES string of the molecule is C#CCOc1ccc(/C=[NH+]/N=C(N)c2nonc2N)cc1OC. The first-order valence-corrected chi connectivity index (χ1v) is 6.40. The molecule has 0 radical (unpaired) electrons. The Morgan fingerprint density at radius 2 is 2.30 bits per heavy atom. The Morgan fingerprint density at radius 1 is 1.48 bits per heavy atom. The Hall–Kier alpha value is -3.54. The van der Waals surface area contributed by atoms with Gasteiger partial charge in [0, 0.05) is 10.7 Å². The average Bonchev–Trinajstić information content (AvgIpc) is 2.99. The van der Waals surface area contributed by atoms with Gasteiger partial charge in [-0.05, 0) is 28.5 Å². The van der Waals surface area contributed by atoms with Gasteiger partial charge >= 0.3 is 0 Å². The molecule has 0 spiro atoms. The number of hydrogen-bond acceptors (Lipinski definition) is 7. The van der Waals surface area contributed by atoms with Gasteiger partial charge in [0.1, 0.15) is 6.61 Å². The number of terminal acetylenes is 1. The van der Waals surface area contributed by atoms with Crippen LogP contribution >= 0.6 is 0 Å². The second-order valence-corrected chi connectivity index (χ2v) is 4.17. The first-order chi connectivity index (χ1) is 11.2. The van der Waals surface area contributed by atoms with Crippen molar-refractivity contribution < 1.29 is 19.2 Å². The van der Waals surface area contributed by atoms with Crippen LogP contribution in [0.5, 0.6) is 11.5 Å². The predicted molar refractivity (Wildman–Crippen MR) is 82.9 cm³/mol. The van der Waals surface area contributed by atoms with Crippen LogP contribution in [0.15, 0.2) is 27.9 Å². The molecule has 0 amide bonds. The molecule has 1 aromatic carbocycles. The highest BCUT2D eigenvalue weighted by Gasteiger charge is 2.12. The minimum Gasteiger partial charge on any atom is -0.493 e. The lowest BCUT2D eigenvalue weighted by Gasteiger charge is -2.08. The maximum Gasteiger partial charge on any atom is 0.224 e. The molecule has 0 saturated heterocycles. The van der Waals surface area contributed by atoms with Crippen molar-refractivity contribution in [3.8, 4) is 23.8 Å². The summed E-state index contributed by atoms with van der Waals surface area (Å²) in [4.78, 5) is 0. The van der Waals surface area contributed by atoms with Crippen molar-refractivity contribution in [3.05, 3.63) is 29.5 Å². The van der Waals surface area contributed by atoms with Crippen LogP contribution in [0.4, 0.5) is 5.82 Å². The predicted octanol–water partition coefficient (Wildman–Crippen LogP) is -1.51. The van der Waals surface area contributed by atoms with Gasteiger partial charge in [-0.1, -0.05) is 5.92 Å². The zero-order chi connectivity index (χ0) is 16.7. The van der Waals surface area contributed by atoms with Gasteiger partial charge in [-0.25, -0.2) is 4.63 Å². The molecular weight excluding hydrogens is 300 g/mol. The molecule has 0 aliphatic rings. The van der Waals surface area contributed by atoms with Crippen molar-refractivity contribution >= 4 is 17.9 Å². The molecule has 2 aromatic rings. The lowest BCUT2D eigenvalue weighted by Crippen LogP contribution is -2.63. The third-order valence-electron chi connectivity index (χ3n) is 2.67. The number of benzene rings is 1. The summed E-state index contributed by atoms with van der Waals surface area (Å²) in [5.41, 5.74) is 12.2. The molecule has 9 heteroatoms. The maximum atomic E-state index is 5.70. The van der Waals surface area contributed by atoms with E-state index in [1.807, 2.05) is 0 Å². The summed E-state index contributed by atoms with van der Waals surface area (Å²) < 4.78 is 15.0. The number of anilines is 1. The third kappa shape index (κ3) is 3.98. The van der Waals surface area contributed by atoms with Crippen LogP contribution < -0.4 is 26.0 Å². The molecule has 118 valence electrons. The molecule has 0 aliphatic carbocycles. The van der Waals surface area contributed by atoms with Crippen molar-refractivity contribution in [2.75, 3.05) is 19.5 Å². The molecular formula is C14H15N6O3+. The molecule has 0 bridgehead atoms. The van der Waals surface area contributed by atoms with Crippen LogP contribution in [0.1, 0.15) is 11.3 Å². The monoisotopic (exact) mass is 315 g/mol. The van der Waals surface area contributed by atoms with Gasteiger partial charge in [-0.3, -0.25) is 0 Å². The number of amidine groups is 1. The quantitative estimate of drug-likeness (QED) is 0.255. The van der Waals surface area contributed by atoms with Gasteiger partial charge in [0.2, 0.25) is 12.1 Å². The van der Waals surface area contributed by atoms with Crippen molar-refractivity contribution in [1.29, 1.82) is 0 Å². The lowest BCUT2D eigenvalue weighted by atomic mass is 10.2. The third-order valence-corrected chi connectivity index (χ3v) is 2.67. The zero-order valence-corrected chi connectivity index (χ0v) is 12.3. The van der Waals surface area contributed by atoms with Crippen LogP contribution in [-0.2, 0) is 0 Å². The molecule has 0 fully saturated rings. The van der Waals surface area contributed by atoms with Gasteiger partial charge < -0.3 is 20.9 Å². The molecule has 0 unspecified atom stereocenters. The van der Waals surface area contributed by atoms with E-state index in [1.165, 1.54) is 7.11 Å². The van der Waals surface area contributed by atoms with E-state index < -0.39 is 0 Å². The second-order valence-electron chi connectivity index (χ2n) is 4.17. The fourth-order valence-electron chi connectivity index (χ4n) is 1.62. The van der Waals surface area contributed by atoms with Gasteiger partial charge in [-0.2, -0.15) is 0 Å². The summed E-state index contributed by atoms with van der Waals surface area (Å²) in [7, 11) is 1.53. The molecule has 5 N–H and O–H groups in total.